The summed E-state index contributed by atoms with van der Waals surface area (Å²) in [7, 11) is 0. The van der Waals surface area contributed by atoms with E-state index in [9.17, 15) is 4.79 Å². The second kappa shape index (κ2) is 8.46. The van der Waals surface area contributed by atoms with E-state index in [0.29, 0.717) is 5.02 Å². The first-order chi connectivity index (χ1) is 13.7. The Labute approximate surface area is 172 Å². The summed E-state index contributed by atoms with van der Waals surface area (Å²) in [5.41, 5.74) is 3.63. The summed E-state index contributed by atoms with van der Waals surface area (Å²) in [4.78, 5) is 13.1. The number of nitrogens with zero attached hydrogens (tertiary/aromatic N) is 1. The molecule has 0 aliphatic rings. The van der Waals surface area contributed by atoms with Crippen LogP contribution in [0.15, 0.2) is 88.9 Å². The summed E-state index contributed by atoms with van der Waals surface area (Å²) in [5, 5.41) is 9.39. The van der Waals surface area contributed by atoms with Crippen molar-refractivity contribution in [1.29, 1.82) is 0 Å². The van der Waals surface area contributed by atoms with Crippen LogP contribution in [0.1, 0.15) is 5.56 Å². The Morgan fingerprint density at radius 1 is 0.929 bits per heavy atom. The summed E-state index contributed by atoms with van der Waals surface area (Å²) >= 11 is 7.32. The van der Waals surface area contributed by atoms with Gasteiger partial charge in [-0.1, -0.05) is 60.1 Å². The molecule has 0 spiro atoms. The molecule has 5 heteroatoms. The highest BCUT2D eigenvalue weighted by Gasteiger charge is 2.06. The minimum absolute atomic E-state index is 0.152. The number of carbonyl (C=O) groups is 1. The molecule has 0 radical (unpaired) electrons. The number of benzene rings is 4. The molecule has 4 aromatic rings. The third-order valence-corrected chi connectivity index (χ3v) is 5.64. The molecule has 0 atom stereocenters. The molecule has 0 saturated carbocycles. The maximum absolute atomic E-state index is 12.1. The number of rotatable bonds is 5. The van der Waals surface area contributed by atoms with Gasteiger partial charge in [0.05, 0.1) is 12.0 Å². The first-order valence-corrected chi connectivity index (χ1v) is 10.2. The van der Waals surface area contributed by atoms with Gasteiger partial charge in [-0.3, -0.25) is 4.79 Å². The number of hydrogen-bond acceptors (Lipinski definition) is 3. The van der Waals surface area contributed by atoms with Crippen molar-refractivity contribution in [3.8, 4) is 0 Å². The van der Waals surface area contributed by atoms with Crippen molar-refractivity contribution in [2.45, 2.75) is 4.90 Å². The van der Waals surface area contributed by atoms with Crippen LogP contribution in [0.2, 0.25) is 5.02 Å². The average molecular weight is 405 g/mol. The van der Waals surface area contributed by atoms with E-state index in [1.165, 1.54) is 11.8 Å². The van der Waals surface area contributed by atoms with E-state index < -0.39 is 0 Å². The molecular weight excluding hydrogens is 388 g/mol. The summed E-state index contributed by atoms with van der Waals surface area (Å²) in [6.45, 7) is 0. The van der Waals surface area contributed by atoms with Crippen molar-refractivity contribution in [3.63, 3.8) is 0 Å². The van der Waals surface area contributed by atoms with Gasteiger partial charge in [0, 0.05) is 15.5 Å². The van der Waals surface area contributed by atoms with Crippen LogP contribution >= 0.6 is 23.4 Å². The molecule has 0 bridgehead atoms. The van der Waals surface area contributed by atoms with E-state index in [1.54, 1.807) is 6.21 Å². The van der Waals surface area contributed by atoms with Crippen LogP contribution in [0.5, 0.6) is 0 Å². The fourth-order valence-electron chi connectivity index (χ4n) is 3.07. The maximum atomic E-state index is 12.1. The Kier molecular flexibility index (Phi) is 5.60. The Hall–Kier alpha value is -2.82. The highest BCUT2D eigenvalue weighted by Crippen LogP contribution is 2.27. The molecule has 0 unspecified atom stereocenters. The minimum Gasteiger partial charge on any atom is -0.272 e. The van der Waals surface area contributed by atoms with Gasteiger partial charge < -0.3 is 0 Å². The fraction of sp³-hybridized carbons (Fsp3) is 0.0435. The van der Waals surface area contributed by atoms with Crippen LogP contribution in [0.25, 0.3) is 21.5 Å². The minimum atomic E-state index is -0.152. The normalized spacial score (nSPS) is 11.3. The number of halogens is 1. The highest BCUT2D eigenvalue weighted by molar-refractivity contribution is 8.00. The van der Waals surface area contributed by atoms with Crippen LogP contribution in [0, 0.1) is 0 Å². The quantitative estimate of drug-likeness (QED) is 0.195. The molecule has 4 rings (SSSR count). The largest absolute Gasteiger partial charge is 0.272 e. The van der Waals surface area contributed by atoms with Crippen molar-refractivity contribution in [2.75, 3.05) is 5.75 Å². The topological polar surface area (TPSA) is 41.5 Å². The number of hydrazone groups is 1. The van der Waals surface area contributed by atoms with E-state index in [-0.39, 0.29) is 11.7 Å². The third kappa shape index (κ3) is 4.19. The van der Waals surface area contributed by atoms with Crippen LogP contribution in [0.4, 0.5) is 0 Å². The molecule has 0 heterocycles. The number of hydrogen-bond donors (Lipinski definition) is 1. The average Bonchev–Trinajstić information content (AvgIpc) is 2.73. The zero-order chi connectivity index (χ0) is 19.3. The standard InChI is InChI=1S/C23H17ClN2OS/c24-18-9-11-19(12-10-18)28-15-23(27)26-25-14-22-20-7-3-1-5-16(20)13-17-6-2-4-8-21(17)22/h1-14H,15H2,(H,26,27)/b25-14-. The van der Waals surface area contributed by atoms with Gasteiger partial charge in [-0.15, -0.1) is 11.8 Å². The molecule has 0 fully saturated rings. The van der Waals surface area contributed by atoms with E-state index in [0.717, 1.165) is 32.0 Å². The van der Waals surface area contributed by atoms with Gasteiger partial charge in [-0.2, -0.15) is 5.10 Å². The number of nitrogens with one attached hydrogen (secondary N) is 1. The number of carbonyl (C=O) groups excluding carboxylic acids is 1. The molecule has 0 saturated heterocycles. The Bertz CT molecular complexity index is 1120. The summed E-state index contributed by atoms with van der Waals surface area (Å²) in [6, 6.07) is 26.0. The molecule has 1 N–H and O–H groups in total. The highest BCUT2D eigenvalue weighted by atomic mass is 35.5. The molecule has 3 nitrogen and oxygen atoms in total. The Balaban J connectivity index is 1.51. The number of thioether (sulfide) groups is 1. The van der Waals surface area contributed by atoms with E-state index in [2.05, 4.69) is 40.9 Å². The lowest BCUT2D eigenvalue weighted by molar-refractivity contribution is -0.118. The van der Waals surface area contributed by atoms with E-state index in [1.807, 2.05) is 48.5 Å². The summed E-state index contributed by atoms with van der Waals surface area (Å²) in [6.07, 6.45) is 1.73. The Morgan fingerprint density at radius 2 is 1.54 bits per heavy atom. The zero-order valence-corrected chi connectivity index (χ0v) is 16.5. The lowest BCUT2D eigenvalue weighted by atomic mass is 9.97. The predicted molar refractivity (Wildman–Crippen MR) is 119 cm³/mol. The number of fused-ring (bicyclic) bond motifs is 2. The van der Waals surface area contributed by atoms with E-state index in [4.69, 9.17) is 11.6 Å². The molecule has 4 aromatic carbocycles. The van der Waals surface area contributed by atoms with Gasteiger partial charge in [0.1, 0.15) is 0 Å². The van der Waals surface area contributed by atoms with Gasteiger partial charge in [0.15, 0.2) is 0 Å². The van der Waals surface area contributed by atoms with Gasteiger partial charge in [0.2, 0.25) is 5.91 Å². The van der Waals surface area contributed by atoms with Crippen molar-refractivity contribution < 1.29 is 4.79 Å². The Morgan fingerprint density at radius 3 is 2.18 bits per heavy atom. The molecule has 1 amide bonds. The molecule has 0 aromatic heterocycles. The third-order valence-electron chi connectivity index (χ3n) is 4.38. The molecule has 0 aliphatic carbocycles. The monoisotopic (exact) mass is 404 g/mol. The van der Waals surface area contributed by atoms with Crippen LogP contribution in [0.3, 0.4) is 0 Å². The summed E-state index contributed by atoms with van der Waals surface area (Å²) < 4.78 is 0. The number of amides is 1. The molecule has 0 aliphatic heterocycles. The van der Waals surface area contributed by atoms with E-state index >= 15 is 0 Å². The first-order valence-electron chi connectivity index (χ1n) is 8.81. The smallest absolute Gasteiger partial charge is 0.250 e. The van der Waals surface area contributed by atoms with Crippen LogP contribution in [-0.4, -0.2) is 17.9 Å². The van der Waals surface area contributed by atoms with Gasteiger partial charge in [-0.25, -0.2) is 5.43 Å². The van der Waals surface area contributed by atoms with Crippen molar-refractivity contribution in [3.05, 3.63) is 89.4 Å². The molecule has 138 valence electrons. The first kappa shape index (κ1) is 18.5. The summed E-state index contributed by atoms with van der Waals surface area (Å²) in [5.74, 6) is 0.135. The maximum Gasteiger partial charge on any atom is 0.250 e. The zero-order valence-electron chi connectivity index (χ0n) is 14.9. The SMILES string of the molecule is O=C(CSc1ccc(Cl)cc1)N/N=C\c1c2ccccc2cc2ccccc12. The fourth-order valence-corrected chi connectivity index (χ4v) is 3.89. The van der Waals surface area contributed by atoms with Crippen LogP contribution < -0.4 is 5.43 Å². The second-order valence-corrected chi connectivity index (χ2v) is 7.75. The second-order valence-electron chi connectivity index (χ2n) is 6.27. The van der Waals surface area contributed by atoms with Crippen LogP contribution in [-0.2, 0) is 4.79 Å². The molecular formula is C23H17ClN2OS. The predicted octanol–water partition coefficient (Wildman–Crippen LogP) is 5.89. The van der Waals surface area contributed by atoms with Crippen molar-refractivity contribution in [1.82, 2.24) is 5.43 Å². The lowest BCUT2D eigenvalue weighted by Crippen LogP contribution is -2.19. The van der Waals surface area contributed by atoms with Crippen molar-refractivity contribution >= 4 is 57.0 Å². The van der Waals surface area contributed by atoms with Gasteiger partial charge in [-0.05, 0) is 51.9 Å². The van der Waals surface area contributed by atoms with Crippen molar-refractivity contribution in [2.24, 2.45) is 5.10 Å². The molecule has 28 heavy (non-hydrogen) atoms. The van der Waals surface area contributed by atoms with Gasteiger partial charge in [0.25, 0.3) is 0 Å². The lowest BCUT2D eigenvalue weighted by Gasteiger charge is -2.08. The van der Waals surface area contributed by atoms with Gasteiger partial charge >= 0.3 is 0 Å².